The van der Waals surface area contributed by atoms with Crippen LogP contribution < -0.4 is 5.32 Å². The summed E-state index contributed by atoms with van der Waals surface area (Å²) in [6.07, 6.45) is 7.04. The van der Waals surface area contributed by atoms with Crippen LogP contribution in [0.3, 0.4) is 0 Å². The van der Waals surface area contributed by atoms with Crippen molar-refractivity contribution in [3.8, 4) is 0 Å². The Morgan fingerprint density at radius 3 is 2.62 bits per heavy atom. The number of aromatic nitrogens is 3. The van der Waals surface area contributed by atoms with Gasteiger partial charge in [0.25, 0.3) is 0 Å². The van der Waals surface area contributed by atoms with E-state index in [1.165, 1.54) is 42.6 Å². The van der Waals surface area contributed by atoms with Crippen molar-refractivity contribution in [2.75, 3.05) is 11.9 Å². The van der Waals surface area contributed by atoms with Crippen molar-refractivity contribution >= 4 is 17.4 Å². The van der Waals surface area contributed by atoms with Crippen molar-refractivity contribution in [3.63, 3.8) is 0 Å². The van der Waals surface area contributed by atoms with Gasteiger partial charge in [-0.3, -0.25) is 5.10 Å². The molecule has 4 nitrogen and oxygen atoms in total. The third-order valence-electron chi connectivity index (χ3n) is 4.19. The molecular formula is C16H22N4S. The van der Waals surface area contributed by atoms with Crippen molar-refractivity contribution in [1.29, 1.82) is 0 Å². The molecule has 0 spiro atoms. The molecule has 1 fully saturated rings. The van der Waals surface area contributed by atoms with Gasteiger partial charge in [0.15, 0.2) is 5.16 Å². The molecule has 3 rings (SSSR count). The third kappa shape index (κ3) is 4.24. The number of rotatable bonds is 5. The summed E-state index contributed by atoms with van der Waals surface area (Å²) in [4.78, 5) is 5.29. The second kappa shape index (κ2) is 6.98. The second-order valence-corrected chi connectivity index (χ2v) is 6.99. The Hall–Kier alpha value is -1.49. The van der Waals surface area contributed by atoms with Gasteiger partial charge in [-0.25, -0.2) is 4.98 Å². The molecule has 1 aliphatic rings. The summed E-state index contributed by atoms with van der Waals surface area (Å²) in [7, 11) is 0. The maximum atomic E-state index is 4.12. The normalized spacial score (nSPS) is 22.1. The zero-order chi connectivity index (χ0) is 14.5. The summed E-state index contributed by atoms with van der Waals surface area (Å²) >= 11 is 1.59. The number of H-pyrrole nitrogens is 1. The van der Waals surface area contributed by atoms with E-state index < -0.39 is 0 Å². The molecule has 2 aromatic rings. The quantitative estimate of drug-likeness (QED) is 0.869. The molecule has 1 aliphatic carbocycles. The fraction of sp³-hybridized carbons (Fsp3) is 0.500. The van der Waals surface area contributed by atoms with Crippen molar-refractivity contribution in [2.24, 2.45) is 11.8 Å². The average Bonchev–Trinajstić information content (AvgIpc) is 3.01. The Kier molecular flexibility index (Phi) is 4.80. The summed E-state index contributed by atoms with van der Waals surface area (Å²) in [6, 6.07) is 8.53. The van der Waals surface area contributed by atoms with Crippen LogP contribution in [0.2, 0.25) is 0 Å². The van der Waals surface area contributed by atoms with E-state index in [0.717, 1.165) is 23.5 Å². The minimum Gasteiger partial charge on any atom is -0.385 e. The fourth-order valence-electron chi connectivity index (χ4n) is 2.79. The molecular weight excluding hydrogens is 280 g/mol. The first-order valence-corrected chi connectivity index (χ1v) is 8.48. The molecule has 1 aromatic heterocycles. The molecule has 0 atom stereocenters. The number of nitrogens with one attached hydrogen (secondary N) is 2. The van der Waals surface area contributed by atoms with E-state index >= 15 is 0 Å². The zero-order valence-corrected chi connectivity index (χ0v) is 13.2. The number of anilines is 1. The molecule has 0 saturated heterocycles. The van der Waals surface area contributed by atoms with Gasteiger partial charge in [-0.1, -0.05) is 31.5 Å². The van der Waals surface area contributed by atoms with Crippen LogP contribution in [0.15, 0.2) is 40.6 Å². The van der Waals surface area contributed by atoms with E-state index in [2.05, 4.69) is 51.7 Å². The minimum absolute atomic E-state index is 0.826. The van der Waals surface area contributed by atoms with Gasteiger partial charge in [0.05, 0.1) is 0 Å². The molecule has 5 heteroatoms. The molecule has 1 aromatic carbocycles. The van der Waals surface area contributed by atoms with Crippen LogP contribution in [0.1, 0.15) is 32.6 Å². The van der Waals surface area contributed by atoms with Crippen LogP contribution in [-0.2, 0) is 0 Å². The Morgan fingerprint density at radius 1 is 1.19 bits per heavy atom. The van der Waals surface area contributed by atoms with Gasteiger partial charge in [0.1, 0.15) is 6.33 Å². The summed E-state index contributed by atoms with van der Waals surface area (Å²) in [6.45, 7) is 3.47. The lowest BCUT2D eigenvalue weighted by molar-refractivity contribution is 0.300. The lowest BCUT2D eigenvalue weighted by Gasteiger charge is -2.26. The van der Waals surface area contributed by atoms with Gasteiger partial charge in [-0.2, -0.15) is 5.10 Å². The van der Waals surface area contributed by atoms with Gasteiger partial charge < -0.3 is 5.32 Å². The number of aromatic amines is 1. The maximum absolute atomic E-state index is 4.12. The van der Waals surface area contributed by atoms with Crippen LogP contribution in [0.4, 0.5) is 5.69 Å². The molecule has 1 heterocycles. The lowest BCUT2D eigenvalue weighted by atomic mass is 9.83. The molecule has 2 N–H and O–H groups in total. The van der Waals surface area contributed by atoms with Crippen LogP contribution in [0.25, 0.3) is 0 Å². The SMILES string of the molecule is CC1CCC(CNc2ccc(Sc3ncn[nH]3)cc2)CC1. The number of benzene rings is 1. The van der Waals surface area contributed by atoms with Gasteiger partial charge in [-0.05, 0) is 48.9 Å². The molecule has 0 bridgehead atoms. The number of hydrogen-bond donors (Lipinski definition) is 2. The minimum atomic E-state index is 0.826. The van der Waals surface area contributed by atoms with Crippen molar-refractivity contribution < 1.29 is 0 Å². The van der Waals surface area contributed by atoms with Crippen molar-refractivity contribution in [3.05, 3.63) is 30.6 Å². The molecule has 0 radical (unpaired) electrons. The molecule has 0 unspecified atom stereocenters. The van der Waals surface area contributed by atoms with Gasteiger partial charge >= 0.3 is 0 Å². The predicted molar refractivity (Wildman–Crippen MR) is 86.6 cm³/mol. The van der Waals surface area contributed by atoms with Gasteiger partial charge in [0, 0.05) is 17.1 Å². The Balaban J connectivity index is 1.48. The lowest BCUT2D eigenvalue weighted by Crippen LogP contribution is -2.20. The molecule has 1 saturated carbocycles. The first-order chi connectivity index (χ1) is 10.3. The van der Waals surface area contributed by atoms with Crippen LogP contribution >= 0.6 is 11.8 Å². The zero-order valence-electron chi connectivity index (χ0n) is 12.4. The summed E-state index contributed by atoms with van der Waals surface area (Å²) in [5.74, 6) is 1.76. The average molecular weight is 302 g/mol. The van der Waals surface area contributed by atoms with E-state index in [-0.39, 0.29) is 0 Å². The van der Waals surface area contributed by atoms with E-state index in [0.29, 0.717) is 0 Å². The standard InChI is InChI=1S/C16H22N4S/c1-12-2-4-13(5-3-12)10-17-14-6-8-15(9-7-14)21-16-18-11-19-20-16/h6-9,11-13,17H,2-5,10H2,1H3,(H,18,19,20). The summed E-state index contributed by atoms with van der Waals surface area (Å²) in [5.41, 5.74) is 1.20. The van der Waals surface area contributed by atoms with Crippen molar-refractivity contribution in [2.45, 2.75) is 42.7 Å². The molecule has 0 amide bonds. The van der Waals surface area contributed by atoms with Gasteiger partial charge in [-0.15, -0.1) is 0 Å². The summed E-state index contributed by atoms with van der Waals surface area (Å²) in [5, 5.41) is 11.1. The monoisotopic (exact) mass is 302 g/mol. The van der Waals surface area contributed by atoms with E-state index in [4.69, 9.17) is 0 Å². The smallest absolute Gasteiger partial charge is 0.188 e. The highest BCUT2D eigenvalue weighted by atomic mass is 32.2. The second-order valence-electron chi connectivity index (χ2n) is 5.92. The highest BCUT2D eigenvalue weighted by Gasteiger charge is 2.17. The maximum Gasteiger partial charge on any atom is 0.188 e. The van der Waals surface area contributed by atoms with Crippen LogP contribution in [0, 0.1) is 11.8 Å². The first kappa shape index (κ1) is 14.4. The van der Waals surface area contributed by atoms with Crippen molar-refractivity contribution in [1.82, 2.24) is 15.2 Å². The topological polar surface area (TPSA) is 53.6 Å². The fourth-order valence-corrected chi connectivity index (χ4v) is 3.48. The number of nitrogens with zero attached hydrogens (tertiary/aromatic N) is 2. The highest BCUT2D eigenvalue weighted by Crippen LogP contribution is 2.29. The van der Waals surface area contributed by atoms with Crippen LogP contribution in [0.5, 0.6) is 0 Å². The number of hydrogen-bond acceptors (Lipinski definition) is 4. The largest absolute Gasteiger partial charge is 0.385 e. The highest BCUT2D eigenvalue weighted by molar-refractivity contribution is 7.99. The molecule has 112 valence electrons. The van der Waals surface area contributed by atoms with Gasteiger partial charge in [0.2, 0.25) is 0 Å². The Bertz CT molecular complexity index is 530. The van der Waals surface area contributed by atoms with E-state index in [1.54, 1.807) is 11.8 Å². The Morgan fingerprint density at radius 2 is 1.95 bits per heavy atom. The first-order valence-electron chi connectivity index (χ1n) is 7.67. The van der Waals surface area contributed by atoms with E-state index in [9.17, 15) is 0 Å². The predicted octanol–water partition coefficient (Wildman–Crippen LogP) is 4.19. The molecule has 21 heavy (non-hydrogen) atoms. The summed E-state index contributed by atoms with van der Waals surface area (Å²) < 4.78 is 0. The van der Waals surface area contributed by atoms with E-state index in [1.807, 2.05) is 0 Å². The molecule has 0 aliphatic heterocycles. The van der Waals surface area contributed by atoms with Crippen LogP contribution in [-0.4, -0.2) is 21.7 Å². The Labute approximate surface area is 130 Å². The third-order valence-corrected chi connectivity index (χ3v) is 5.09.